The number of allylic oxidation sites excluding steroid dienone is 2. The first kappa shape index (κ1) is 9.50. The molecule has 0 atom stereocenters. The fourth-order valence-corrected chi connectivity index (χ4v) is 2.02. The number of ether oxygens (including phenoxy) is 1. The van der Waals surface area contributed by atoms with Crippen molar-refractivity contribution in [2.75, 3.05) is 6.61 Å². The number of rotatable bonds is 1. The molecule has 76 valence electrons. The standard InChI is InChI=1S/C12H16O2/c1-12(2)8-14-7-10(12)9-5-3-4-6-11(9)13/h5,7H,3-4,6,8H2,1-2H3. The first-order chi connectivity index (χ1) is 6.61. The van der Waals surface area contributed by atoms with E-state index in [0.29, 0.717) is 13.0 Å². The predicted molar refractivity (Wildman–Crippen MR) is 54.8 cm³/mol. The number of hydrogen-bond acceptors (Lipinski definition) is 2. The third-order valence-electron chi connectivity index (χ3n) is 2.92. The molecule has 0 fully saturated rings. The van der Waals surface area contributed by atoms with Gasteiger partial charge in [0.25, 0.3) is 0 Å². The van der Waals surface area contributed by atoms with Gasteiger partial charge in [-0.05, 0) is 12.8 Å². The van der Waals surface area contributed by atoms with Crippen LogP contribution in [0.5, 0.6) is 0 Å². The third-order valence-corrected chi connectivity index (χ3v) is 2.92. The Bertz CT molecular complexity index is 321. The second-order valence-electron chi connectivity index (χ2n) is 4.66. The topological polar surface area (TPSA) is 26.3 Å². The van der Waals surface area contributed by atoms with Crippen LogP contribution in [0.1, 0.15) is 33.1 Å². The van der Waals surface area contributed by atoms with E-state index in [-0.39, 0.29) is 11.2 Å². The van der Waals surface area contributed by atoms with Crippen molar-refractivity contribution < 1.29 is 9.53 Å². The van der Waals surface area contributed by atoms with Crippen LogP contribution in [0.2, 0.25) is 0 Å². The Kier molecular flexibility index (Phi) is 2.22. The molecule has 0 spiro atoms. The first-order valence-electron chi connectivity index (χ1n) is 5.17. The van der Waals surface area contributed by atoms with Crippen molar-refractivity contribution in [2.24, 2.45) is 5.41 Å². The fourth-order valence-electron chi connectivity index (χ4n) is 2.02. The van der Waals surface area contributed by atoms with Gasteiger partial charge >= 0.3 is 0 Å². The van der Waals surface area contributed by atoms with E-state index >= 15 is 0 Å². The van der Waals surface area contributed by atoms with Gasteiger partial charge in [-0.2, -0.15) is 0 Å². The lowest BCUT2D eigenvalue weighted by atomic mass is 9.79. The maximum atomic E-state index is 11.7. The van der Waals surface area contributed by atoms with Crippen molar-refractivity contribution in [3.63, 3.8) is 0 Å². The normalized spacial score (nSPS) is 25.4. The van der Waals surface area contributed by atoms with Gasteiger partial charge in [0.2, 0.25) is 0 Å². The molecule has 0 bridgehead atoms. The van der Waals surface area contributed by atoms with E-state index in [4.69, 9.17) is 4.74 Å². The van der Waals surface area contributed by atoms with Gasteiger partial charge in [-0.3, -0.25) is 4.79 Å². The zero-order valence-corrected chi connectivity index (χ0v) is 8.80. The molecule has 2 nitrogen and oxygen atoms in total. The van der Waals surface area contributed by atoms with Gasteiger partial charge < -0.3 is 4.74 Å². The summed E-state index contributed by atoms with van der Waals surface area (Å²) in [5.74, 6) is 0.279. The summed E-state index contributed by atoms with van der Waals surface area (Å²) in [6.07, 6.45) is 6.54. The Hall–Kier alpha value is -1.05. The van der Waals surface area contributed by atoms with Crippen LogP contribution in [-0.2, 0) is 9.53 Å². The van der Waals surface area contributed by atoms with Crippen molar-refractivity contribution in [1.29, 1.82) is 0 Å². The molecule has 14 heavy (non-hydrogen) atoms. The highest BCUT2D eigenvalue weighted by Gasteiger charge is 2.34. The SMILES string of the molecule is CC1(C)COC=C1C1=CCCCC1=O. The summed E-state index contributed by atoms with van der Waals surface area (Å²) in [7, 11) is 0. The van der Waals surface area contributed by atoms with E-state index in [9.17, 15) is 4.79 Å². The summed E-state index contributed by atoms with van der Waals surface area (Å²) in [4.78, 5) is 11.7. The van der Waals surface area contributed by atoms with Crippen LogP contribution in [0.3, 0.4) is 0 Å². The second-order valence-corrected chi connectivity index (χ2v) is 4.66. The summed E-state index contributed by atoms with van der Waals surface area (Å²) in [6.45, 7) is 4.93. The van der Waals surface area contributed by atoms with Crippen LogP contribution in [0.25, 0.3) is 0 Å². The lowest BCUT2D eigenvalue weighted by Gasteiger charge is -2.22. The molecule has 2 heteroatoms. The average Bonchev–Trinajstić information content (AvgIpc) is 2.46. The van der Waals surface area contributed by atoms with Crippen LogP contribution in [0.4, 0.5) is 0 Å². The van der Waals surface area contributed by atoms with Crippen LogP contribution >= 0.6 is 0 Å². The molecule has 0 aromatic rings. The quantitative estimate of drug-likeness (QED) is 0.638. The molecule has 0 amide bonds. The van der Waals surface area contributed by atoms with E-state index in [2.05, 4.69) is 19.9 Å². The highest BCUT2D eigenvalue weighted by atomic mass is 16.5. The monoisotopic (exact) mass is 192 g/mol. The lowest BCUT2D eigenvalue weighted by molar-refractivity contribution is -0.115. The Morgan fingerprint density at radius 2 is 2.21 bits per heavy atom. The molecule has 0 saturated heterocycles. The second kappa shape index (κ2) is 3.26. The lowest BCUT2D eigenvalue weighted by Crippen LogP contribution is -2.21. The molecule has 0 saturated carbocycles. The van der Waals surface area contributed by atoms with E-state index in [1.165, 1.54) is 0 Å². The number of carbonyl (C=O) groups is 1. The van der Waals surface area contributed by atoms with Gasteiger partial charge in [0.15, 0.2) is 5.78 Å². The Balaban J connectivity index is 2.31. The smallest absolute Gasteiger partial charge is 0.162 e. The van der Waals surface area contributed by atoms with Gasteiger partial charge in [0, 0.05) is 23.0 Å². The minimum atomic E-state index is -0.00116. The van der Waals surface area contributed by atoms with E-state index in [1.807, 2.05) is 0 Å². The van der Waals surface area contributed by atoms with Crippen molar-refractivity contribution in [3.05, 3.63) is 23.5 Å². The minimum absolute atomic E-state index is 0.00116. The molecule has 0 aromatic heterocycles. The summed E-state index contributed by atoms with van der Waals surface area (Å²) in [5.41, 5.74) is 1.99. The van der Waals surface area contributed by atoms with Gasteiger partial charge in [-0.1, -0.05) is 19.9 Å². The van der Waals surface area contributed by atoms with Crippen molar-refractivity contribution >= 4 is 5.78 Å². The number of hydrogen-bond donors (Lipinski definition) is 0. The predicted octanol–water partition coefficient (Wildman–Crippen LogP) is 2.61. The van der Waals surface area contributed by atoms with Crippen LogP contribution in [0.15, 0.2) is 23.5 Å². The van der Waals surface area contributed by atoms with Crippen LogP contribution in [0, 0.1) is 5.41 Å². The van der Waals surface area contributed by atoms with Crippen LogP contribution in [-0.4, -0.2) is 12.4 Å². The number of ketones is 1. The molecule has 0 radical (unpaired) electrons. The van der Waals surface area contributed by atoms with Crippen molar-refractivity contribution in [1.82, 2.24) is 0 Å². The molecule has 0 unspecified atom stereocenters. The van der Waals surface area contributed by atoms with Gasteiger partial charge in [-0.25, -0.2) is 0 Å². The van der Waals surface area contributed by atoms with Crippen molar-refractivity contribution in [3.8, 4) is 0 Å². The number of carbonyl (C=O) groups excluding carboxylic acids is 1. The summed E-state index contributed by atoms with van der Waals surface area (Å²) in [5, 5.41) is 0. The fraction of sp³-hybridized carbons (Fsp3) is 0.583. The average molecular weight is 192 g/mol. The Labute approximate surface area is 84.6 Å². The summed E-state index contributed by atoms with van der Waals surface area (Å²) in [6, 6.07) is 0. The largest absolute Gasteiger partial charge is 0.500 e. The maximum absolute atomic E-state index is 11.7. The zero-order valence-electron chi connectivity index (χ0n) is 8.80. The molecule has 1 heterocycles. The van der Waals surface area contributed by atoms with E-state index in [1.54, 1.807) is 6.26 Å². The van der Waals surface area contributed by atoms with Gasteiger partial charge in [0.1, 0.15) is 0 Å². The molecule has 0 N–H and O–H groups in total. The van der Waals surface area contributed by atoms with Crippen molar-refractivity contribution in [2.45, 2.75) is 33.1 Å². The van der Waals surface area contributed by atoms with Gasteiger partial charge in [0.05, 0.1) is 12.9 Å². The number of Topliss-reactive ketones (excluding diaryl/α,β-unsaturated/α-hetero) is 1. The molecule has 1 aliphatic heterocycles. The van der Waals surface area contributed by atoms with E-state index in [0.717, 1.165) is 24.0 Å². The first-order valence-corrected chi connectivity index (χ1v) is 5.17. The molecule has 1 aliphatic carbocycles. The van der Waals surface area contributed by atoms with E-state index < -0.39 is 0 Å². The zero-order chi connectivity index (χ0) is 10.2. The maximum Gasteiger partial charge on any atom is 0.162 e. The highest BCUT2D eigenvalue weighted by molar-refractivity contribution is 6.00. The summed E-state index contributed by atoms with van der Waals surface area (Å²) >= 11 is 0. The molecular formula is C12H16O2. The Morgan fingerprint density at radius 3 is 2.79 bits per heavy atom. The highest BCUT2D eigenvalue weighted by Crippen LogP contribution is 2.38. The Morgan fingerprint density at radius 1 is 1.43 bits per heavy atom. The molecule has 0 aromatic carbocycles. The molecule has 2 aliphatic rings. The molecular weight excluding hydrogens is 176 g/mol. The summed E-state index contributed by atoms with van der Waals surface area (Å²) < 4.78 is 5.32. The minimum Gasteiger partial charge on any atom is -0.500 e. The molecule has 2 rings (SSSR count). The van der Waals surface area contributed by atoms with Crippen LogP contribution < -0.4 is 0 Å². The van der Waals surface area contributed by atoms with Gasteiger partial charge in [-0.15, -0.1) is 0 Å². The third kappa shape index (κ3) is 1.49.